The Morgan fingerprint density at radius 3 is 1.64 bits per heavy atom. The molecule has 0 heterocycles. The molecule has 0 saturated carbocycles. The molecule has 2 nitrogen and oxygen atoms in total. The molecule has 2 N–H and O–H groups in total. The summed E-state index contributed by atoms with van der Waals surface area (Å²) in [6.45, 7) is 0. The second-order valence-corrected chi connectivity index (χ2v) is 2.30. The molecule has 0 aliphatic heterocycles. The van der Waals surface area contributed by atoms with Gasteiger partial charge in [0.05, 0.1) is 0 Å². The van der Waals surface area contributed by atoms with Crippen LogP contribution in [0.4, 0.5) is 0 Å². The number of aliphatic hydroxyl groups is 2. The zero-order valence-corrected chi connectivity index (χ0v) is 6.33. The van der Waals surface area contributed by atoms with Crippen LogP contribution < -0.4 is 0 Å². The third-order valence-corrected chi connectivity index (χ3v) is 1.34. The highest BCUT2D eigenvalue weighted by atomic mass is 16.3. The third kappa shape index (κ3) is 5.48. The van der Waals surface area contributed by atoms with Gasteiger partial charge in [0.15, 0.2) is 0 Å². The van der Waals surface area contributed by atoms with E-state index in [0.29, 0.717) is 19.3 Å². The van der Waals surface area contributed by atoms with Crippen molar-refractivity contribution in [1.82, 2.24) is 0 Å². The van der Waals surface area contributed by atoms with Crippen molar-refractivity contribution in [2.45, 2.75) is 31.5 Å². The molecule has 2 unspecified atom stereocenters. The summed E-state index contributed by atoms with van der Waals surface area (Å²) in [5.74, 6) is 4.36. The van der Waals surface area contributed by atoms with Gasteiger partial charge in [-0.15, -0.1) is 12.8 Å². The van der Waals surface area contributed by atoms with Gasteiger partial charge in [-0.05, 0) is 19.3 Å². The van der Waals surface area contributed by atoms with E-state index in [0.717, 1.165) is 0 Å². The number of terminal acetylenes is 2. The highest BCUT2D eigenvalue weighted by molar-refractivity contribution is 4.95. The lowest BCUT2D eigenvalue weighted by Crippen LogP contribution is -2.06. The van der Waals surface area contributed by atoms with E-state index in [2.05, 4.69) is 11.8 Å². The molecule has 0 fully saturated rings. The van der Waals surface area contributed by atoms with Gasteiger partial charge in [0.1, 0.15) is 12.2 Å². The van der Waals surface area contributed by atoms with Crippen molar-refractivity contribution in [3.05, 3.63) is 0 Å². The Labute approximate surface area is 67.2 Å². The standard InChI is InChI=1S/C9H12O2/c1-3-8(10)6-5-7-9(11)4-2/h1-2,8-11H,5-7H2. The van der Waals surface area contributed by atoms with Crippen LogP contribution in [-0.2, 0) is 0 Å². The van der Waals surface area contributed by atoms with E-state index < -0.39 is 12.2 Å². The summed E-state index contributed by atoms with van der Waals surface area (Å²) in [5, 5.41) is 17.7. The van der Waals surface area contributed by atoms with Gasteiger partial charge >= 0.3 is 0 Å². The molecule has 0 rings (SSSR count). The summed E-state index contributed by atoms with van der Waals surface area (Å²) in [5.41, 5.74) is 0. The molecule has 11 heavy (non-hydrogen) atoms. The van der Waals surface area contributed by atoms with Crippen molar-refractivity contribution < 1.29 is 10.2 Å². The zero-order chi connectivity index (χ0) is 8.69. The van der Waals surface area contributed by atoms with Crippen molar-refractivity contribution in [2.75, 3.05) is 0 Å². The maximum absolute atomic E-state index is 8.87. The number of hydrogen-bond donors (Lipinski definition) is 2. The molecule has 0 aliphatic carbocycles. The highest BCUT2D eigenvalue weighted by Gasteiger charge is 2.01. The first-order valence-corrected chi connectivity index (χ1v) is 3.49. The van der Waals surface area contributed by atoms with E-state index in [4.69, 9.17) is 23.1 Å². The Balaban J connectivity index is 3.30. The largest absolute Gasteiger partial charge is 0.380 e. The minimum Gasteiger partial charge on any atom is -0.380 e. The lowest BCUT2D eigenvalue weighted by Gasteiger charge is -2.03. The summed E-state index contributed by atoms with van der Waals surface area (Å²) in [6, 6.07) is 0. The maximum Gasteiger partial charge on any atom is 0.114 e. The van der Waals surface area contributed by atoms with Crippen LogP contribution >= 0.6 is 0 Å². The van der Waals surface area contributed by atoms with Gasteiger partial charge in [-0.25, -0.2) is 0 Å². The first-order chi connectivity index (χ1) is 5.20. The maximum atomic E-state index is 8.87. The number of aliphatic hydroxyl groups excluding tert-OH is 2. The Morgan fingerprint density at radius 1 is 1.00 bits per heavy atom. The van der Waals surface area contributed by atoms with Crippen LogP contribution in [0.1, 0.15) is 19.3 Å². The molecular formula is C9H12O2. The number of rotatable bonds is 4. The van der Waals surface area contributed by atoms with Gasteiger partial charge in [0.2, 0.25) is 0 Å². The topological polar surface area (TPSA) is 40.5 Å². The molecule has 0 bridgehead atoms. The first-order valence-electron chi connectivity index (χ1n) is 3.49. The van der Waals surface area contributed by atoms with Gasteiger partial charge in [-0.2, -0.15) is 0 Å². The minimum atomic E-state index is -0.708. The predicted octanol–water partition coefficient (Wildman–Crippen LogP) is 0.145. The van der Waals surface area contributed by atoms with Crippen molar-refractivity contribution in [1.29, 1.82) is 0 Å². The molecule has 0 aromatic carbocycles. The molecule has 0 aromatic heterocycles. The average Bonchev–Trinajstić information content (AvgIpc) is 2.04. The summed E-state index contributed by atoms with van der Waals surface area (Å²) >= 11 is 0. The van der Waals surface area contributed by atoms with E-state index >= 15 is 0 Å². The van der Waals surface area contributed by atoms with E-state index in [1.165, 1.54) is 0 Å². The van der Waals surface area contributed by atoms with Gasteiger partial charge in [-0.1, -0.05) is 11.8 Å². The molecule has 2 atom stereocenters. The Kier molecular flexibility index (Phi) is 5.29. The monoisotopic (exact) mass is 152 g/mol. The van der Waals surface area contributed by atoms with Crippen molar-refractivity contribution in [3.8, 4) is 24.7 Å². The lowest BCUT2D eigenvalue weighted by molar-refractivity contribution is 0.190. The van der Waals surface area contributed by atoms with E-state index in [1.807, 2.05) is 0 Å². The summed E-state index contributed by atoms with van der Waals surface area (Å²) in [7, 11) is 0. The molecule has 60 valence electrons. The quantitative estimate of drug-likeness (QED) is 0.563. The van der Waals surface area contributed by atoms with Gasteiger partial charge in [0.25, 0.3) is 0 Å². The normalized spacial score (nSPS) is 14.5. The van der Waals surface area contributed by atoms with Crippen LogP contribution in [0.25, 0.3) is 0 Å². The van der Waals surface area contributed by atoms with E-state index in [1.54, 1.807) is 0 Å². The van der Waals surface area contributed by atoms with Crippen LogP contribution in [0.15, 0.2) is 0 Å². The fraction of sp³-hybridized carbons (Fsp3) is 0.556. The Hall–Kier alpha value is -0.960. The van der Waals surface area contributed by atoms with Crippen molar-refractivity contribution in [2.24, 2.45) is 0 Å². The van der Waals surface area contributed by atoms with Gasteiger partial charge < -0.3 is 10.2 Å². The minimum absolute atomic E-state index is 0.495. The van der Waals surface area contributed by atoms with E-state index in [9.17, 15) is 0 Å². The SMILES string of the molecule is C#CC(O)CCCC(O)C#C. The Morgan fingerprint density at radius 2 is 1.36 bits per heavy atom. The fourth-order valence-corrected chi connectivity index (χ4v) is 0.671. The molecule has 0 spiro atoms. The molecular weight excluding hydrogens is 140 g/mol. The van der Waals surface area contributed by atoms with Crippen molar-refractivity contribution >= 4 is 0 Å². The van der Waals surface area contributed by atoms with Crippen LogP contribution in [0.2, 0.25) is 0 Å². The smallest absolute Gasteiger partial charge is 0.114 e. The molecule has 0 saturated heterocycles. The molecule has 2 heteroatoms. The second kappa shape index (κ2) is 5.80. The van der Waals surface area contributed by atoms with Crippen molar-refractivity contribution in [3.63, 3.8) is 0 Å². The highest BCUT2D eigenvalue weighted by Crippen LogP contribution is 2.02. The molecule has 0 radical (unpaired) electrons. The zero-order valence-electron chi connectivity index (χ0n) is 6.33. The molecule has 0 aromatic rings. The summed E-state index contributed by atoms with van der Waals surface area (Å²) < 4.78 is 0. The fourth-order valence-electron chi connectivity index (χ4n) is 0.671. The predicted molar refractivity (Wildman–Crippen MR) is 43.5 cm³/mol. The summed E-state index contributed by atoms with van der Waals surface area (Å²) in [4.78, 5) is 0. The molecule has 0 amide bonds. The lowest BCUT2D eigenvalue weighted by atomic mass is 10.1. The summed E-state index contributed by atoms with van der Waals surface area (Å²) in [6.07, 6.45) is 10.1. The van der Waals surface area contributed by atoms with Crippen LogP contribution in [0.5, 0.6) is 0 Å². The van der Waals surface area contributed by atoms with Crippen LogP contribution in [0.3, 0.4) is 0 Å². The van der Waals surface area contributed by atoms with E-state index in [-0.39, 0.29) is 0 Å². The van der Waals surface area contributed by atoms with Gasteiger partial charge in [0, 0.05) is 0 Å². The van der Waals surface area contributed by atoms with Gasteiger partial charge in [-0.3, -0.25) is 0 Å². The average molecular weight is 152 g/mol. The van der Waals surface area contributed by atoms with Crippen LogP contribution in [0, 0.1) is 24.7 Å². The third-order valence-electron chi connectivity index (χ3n) is 1.34. The first kappa shape index (κ1) is 10.0. The van der Waals surface area contributed by atoms with Crippen LogP contribution in [-0.4, -0.2) is 22.4 Å². The Bertz CT molecular complexity index is 153. The molecule has 0 aliphatic rings. The number of hydrogen-bond acceptors (Lipinski definition) is 2. The second-order valence-electron chi connectivity index (χ2n) is 2.30.